The van der Waals surface area contributed by atoms with Gasteiger partial charge in [0.05, 0.1) is 38.6 Å². The Morgan fingerprint density at radius 1 is 0.689 bits per heavy atom. The van der Waals surface area contributed by atoms with E-state index in [4.69, 9.17) is 33.2 Å². The molecule has 4 saturated heterocycles. The number of carboxylic acids is 1. The van der Waals surface area contributed by atoms with Crippen LogP contribution in [0.3, 0.4) is 0 Å². The Labute approximate surface area is 345 Å². The maximum Gasteiger partial charge on any atom is 0.364 e. The summed E-state index contributed by atoms with van der Waals surface area (Å²) in [5.74, 6) is -7.66. The van der Waals surface area contributed by atoms with Gasteiger partial charge in [-0.25, -0.2) is 4.79 Å². The van der Waals surface area contributed by atoms with E-state index in [2.05, 4.69) is 16.0 Å². The zero-order chi connectivity index (χ0) is 45.7. The Balaban J connectivity index is 1.62. The summed E-state index contributed by atoms with van der Waals surface area (Å²) in [6.45, 7) is -3.13. The molecule has 4 aliphatic heterocycles. The molecule has 4 heterocycles. The molecule has 17 N–H and O–H groups in total. The van der Waals surface area contributed by atoms with Crippen LogP contribution in [0.1, 0.15) is 20.3 Å². The SMILES string of the molecule is CC(=O)N[C@@H]1[C@@H](O[C@@H]2O[C@H](CO)[C@H](O)[C@H](O[C@@H]3O[C@H](CO)[C@@H](O)[C@H](O)[C@H]3NC(C)=O)[C@H]2O)[C@@H](O)[C@@H](CO[C@]2(C(=O)O)C[C@H](O)[C@@H](NC(=O)CO)[C@H]([C@H](O)[C@H](O)CO)O2)O[C@@H]1O. The van der Waals surface area contributed by atoms with E-state index in [-0.39, 0.29) is 0 Å². The summed E-state index contributed by atoms with van der Waals surface area (Å²) in [6, 6.07) is -5.01. The van der Waals surface area contributed by atoms with E-state index in [0.29, 0.717) is 0 Å². The van der Waals surface area contributed by atoms with Crippen LogP contribution in [-0.4, -0.2) is 256 Å². The topological polar surface area (TPSA) is 452 Å². The van der Waals surface area contributed by atoms with E-state index in [1.807, 2.05) is 0 Å². The molecule has 61 heavy (non-hydrogen) atoms. The monoisotopic (exact) mass is 893 g/mol. The van der Waals surface area contributed by atoms with Gasteiger partial charge in [0.1, 0.15) is 98.0 Å². The summed E-state index contributed by atoms with van der Waals surface area (Å²) in [5.41, 5.74) is 0. The van der Waals surface area contributed by atoms with Crippen LogP contribution in [0.25, 0.3) is 0 Å². The molecule has 28 heteroatoms. The fourth-order valence-corrected chi connectivity index (χ4v) is 7.33. The second-order valence-electron chi connectivity index (χ2n) is 14.8. The van der Waals surface area contributed by atoms with Gasteiger partial charge < -0.3 is 121 Å². The van der Waals surface area contributed by atoms with Crippen LogP contribution in [0.4, 0.5) is 0 Å². The number of aliphatic hydroxyl groups excluding tert-OH is 13. The normalized spacial score (nSPS) is 42.8. The maximum absolute atomic E-state index is 12.7. The second kappa shape index (κ2) is 21.6. The highest BCUT2D eigenvalue weighted by Crippen LogP contribution is 2.36. The Morgan fingerprint density at radius 3 is 1.80 bits per heavy atom. The molecule has 0 radical (unpaired) electrons. The predicted molar refractivity (Wildman–Crippen MR) is 187 cm³/mol. The quantitative estimate of drug-likeness (QED) is 0.0644. The molecule has 0 saturated carbocycles. The predicted octanol–water partition coefficient (Wildman–Crippen LogP) is -11.1. The molecule has 0 spiro atoms. The third kappa shape index (κ3) is 11.4. The molecule has 28 nitrogen and oxygen atoms in total. The fraction of sp³-hybridized carbons (Fsp3) is 0.879. The molecule has 4 fully saturated rings. The molecule has 3 amide bonds. The summed E-state index contributed by atoms with van der Waals surface area (Å²) < 4.78 is 39.2. The molecule has 4 aliphatic rings. The van der Waals surface area contributed by atoms with E-state index < -0.39 is 191 Å². The first-order valence-corrected chi connectivity index (χ1v) is 18.9. The summed E-state index contributed by atoms with van der Waals surface area (Å²) in [6.07, 6.45) is -34.0. The number of aliphatic carboxylic acids is 1. The minimum Gasteiger partial charge on any atom is -0.477 e. The molecule has 0 aromatic rings. The maximum atomic E-state index is 12.7. The Kier molecular flexibility index (Phi) is 18.0. The highest BCUT2D eigenvalue weighted by molar-refractivity contribution is 5.78. The highest BCUT2D eigenvalue weighted by atomic mass is 16.8. The van der Waals surface area contributed by atoms with Crippen molar-refractivity contribution < 1.29 is 124 Å². The van der Waals surface area contributed by atoms with Crippen molar-refractivity contribution in [2.45, 2.75) is 149 Å². The lowest BCUT2D eigenvalue weighted by atomic mass is 9.88. The first kappa shape index (κ1) is 50.7. The molecule has 0 unspecified atom stereocenters. The number of carbonyl (C=O) groups is 4. The number of carbonyl (C=O) groups excluding carboxylic acids is 3. The van der Waals surface area contributed by atoms with Crippen LogP contribution in [-0.2, 0) is 52.3 Å². The van der Waals surface area contributed by atoms with Gasteiger partial charge in [0.2, 0.25) is 17.7 Å². The van der Waals surface area contributed by atoms with Gasteiger partial charge in [-0.05, 0) is 0 Å². The van der Waals surface area contributed by atoms with Crippen molar-refractivity contribution in [3.63, 3.8) is 0 Å². The van der Waals surface area contributed by atoms with Gasteiger partial charge in [-0.3, -0.25) is 14.4 Å². The minimum absolute atomic E-state index is 0.748. The number of nitrogens with one attached hydrogen (secondary N) is 3. The van der Waals surface area contributed by atoms with Crippen LogP contribution < -0.4 is 16.0 Å². The van der Waals surface area contributed by atoms with E-state index in [1.54, 1.807) is 0 Å². The van der Waals surface area contributed by atoms with E-state index in [9.17, 15) is 90.7 Å². The fourth-order valence-electron chi connectivity index (χ4n) is 7.33. The van der Waals surface area contributed by atoms with E-state index >= 15 is 0 Å². The molecule has 0 aromatic carbocycles. The number of carboxylic acid groups (broad SMARTS) is 1. The van der Waals surface area contributed by atoms with Crippen LogP contribution in [0, 0.1) is 0 Å². The van der Waals surface area contributed by atoms with Gasteiger partial charge in [0, 0.05) is 20.3 Å². The number of hydrogen-bond acceptors (Lipinski definition) is 24. The third-order valence-corrected chi connectivity index (χ3v) is 10.5. The van der Waals surface area contributed by atoms with Gasteiger partial charge >= 0.3 is 5.97 Å². The van der Waals surface area contributed by atoms with Crippen molar-refractivity contribution >= 4 is 23.7 Å². The molecule has 352 valence electrons. The van der Waals surface area contributed by atoms with Crippen molar-refractivity contribution in [1.82, 2.24) is 16.0 Å². The first-order valence-electron chi connectivity index (χ1n) is 18.9. The standard InChI is InChI=1S/C33H55N3O25/c1-9(41)34-18-24(50)21(47)13(5-38)57-30(18)60-28-22(48)14(6-39)58-31(25(28)51)59-26-19(35-10(2)42)29(52)56-15(23(26)49)8-55-33(32(53)54)3-11(43)17(36-16(45)7-40)27(61-33)20(46)12(44)4-37/h11-15,17-31,37-40,43-44,46-52H,3-8H2,1-2H3,(H,34,41)(H,35,42)(H,36,45)(H,53,54)/t11-,12+,13+,14+,15+,17+,18+,19+,20+,21+,22-,23-,24+,25+,26+,27+,28-,29-,30-,31-,33+/m0/s1. The van der Waals surface area contributed by atoms with Crippen LogP contribution in [0.15, 0.2) is 0 Å². The van der Waals surface area contributed by atoms with E-state index in [1.165, 1.54) is 0 Å². The van der Waals surface area contributed by atoms with Crippen LogP contribution >= 0.6 is 0 Å². The Morgan fingerprint density at radius 2 is 1.25 bits per heavy atom. The summed E-state index contributed by atoms with van der Waals surface area (Å²) in [7, 11) is 0. The summed E-state index contributed by atoms with van der Waals surface area (Å²) in [5, 5.41) is 153. The highest BCUT2D eigenvalue weighted by Gasteiger charge is 2.58. The average molecular weight is 894 g/mol. The average Bonchev–Trinajstić information content (AvgIpc) is 3.21. The minimum atomic E-state index is -2.99. The lowest BCUT2D eigenvalue weighted by Crippen LogP contribution is -2.70. The zero-order valence-electron chi connectivity index (χ0n) is 32.5. The zero-order valence-corrected chi connectivity index (χ0v) is 32.5. The number of ether oxygens (including phenoxy) is 7. The van der Waals surface area contributed by atoms with Crippen molar-refractivity contribution in [2.75, 3.05) is 33.0 Å². The van der Waals surface area contributed by atoms with Crippen molar-refractivity contribution in [3.05, 3.63) is 0 Å². The molecule has 21 atom stereocenters. The molecular formula is C33H55N3O25. The molecule has 0 aliphatic carbocycles. The lowest BCUT2D eigenvalue weighted by molar-refractivity contribution is -0.368. The number of aliphatic hydroxyl groups is 13. The molecule has 4 rings (SSSR count). The van der Waals surface area contributed by atoms with Crippen LogP contribution in [0.2, 0.25) is 0 Å². The third-order valence-electron chi connectivity index (χ3n) is 10.5. The Bertz CT molecular complexity index is 1480. The summed E-state index contributed by atoms with van der Waals surface area (Å²) in [4.78, 5) is 48.9. The smallest absolute Gasteiger partial charge is 0.364 e. The first-order chi connectivity index (χ1) is 28.6. The van der Waals surface area contributed by atoms with Crippen LogP contribution in [0.5, 0.6) is 0 Å². The van der Waals surface area contributed by atoms with Gasteiger partial charge in [-0.1, -0.05) is 0 Å². The second-order valence-corrected chi connectivity index (χ2v) is 14.8. The number of amides is 3. The van der Waals surface area contributed by atoms with Crippen molar-refractivity contribution in [1.29, 1.82) is 0 Å². The van der Waals surface area contributed by atoms with Gasteiger partial charge in [0.25, 0.3) is 5.79 Å². The number of hydrogen-bond donors (Lipinski definition) is 17. The Hall–Kier alpha value is -2.92. The number of rotatable bonds is 17. The summed E-state index contributed by atoms with van der Waals surface area (Å²) >= 11 is 0. The molecule has 0 aromatic heterocycles. The molecule has 0 bridgehead atoms. The van der Waals surface area contributed by atoms with Crippen molar-refractivity contribution in [2.24, 2.45) is 0 Å². The van der Waals surface area contributed by atoms with Gasteiger partial charge in [0.15, 0.2) is 18.9 Å². The van der Waals surface area contributed by atoms with Gasteiger partial charge in [-0.2, -0.15) is 0 Å². The molecular weight excluding hydrogens is 838 g/mol. The lowest BCUT2D eigenvalue weighted by Gasteiger charge is -2.49. The van der Waals surface area contributed by atoms with Crippen molar-refractivity contribution in [3.8, 4) is 0 Å². The van der Waals surface area contributed by atoms with E-state index in [0.717, 1.165) is 13.8 Å². The largest absolute Gasteiger partial charge is 0.477 e. The van der Waals surface area contributed by atoms with Gasteiger partial charge in [-0.15, -0.1) is 0 Å².